The Hall–Kier alpha value is -1.36. The maximum absolute atomic E-state index is 11.8. The molecule has 0 aromatic heterocycles. The van der Waals surface area contributed by atoms with E-state index in [4.69, 9.17) is 0 Å². The van der Waals surface area contributed by atoms with Gasteiger partial charge in [0.15, 0.2) is 0 Å². The second-order valence-corrected chi connectivity index (χ2v) is 4.91. The van der Waals surface area contributed by atoms with Crippen molar-refractivity contribution in [2.75, 3.05) is 26.2 Å². The third kappa shape index (κ3) is 4.67. The summed E-state index contributed by atoms with van der Waals surface area (Å²) in [7, 11) is 0. The highest BCUT2D eigenvalue weighted by atomic mass is 16.2. The van der Waals surface area contributed by atoms with Gasteiger partial charge in [-0.15, -0.1) is 6.58 Å². The van der Waals surface area contributed by atoms with Crippen LogP contribution in [0.25, 0.3) is 0 Å². The average molecular weight is 267 g/mol. The van der Waals surface area contributed by atoms with E-state index in [2.05, 4.69) is 22.1 Å². The van der Waals surface area contributed by atoms with Crippen LogP contribution in [-0.4, -0.2) is 48.9 Å². The quantitative estimate of drug-likeness (QED) is 0.690. The van der Waals surface area contributed by atoms with E-state index in [1.807, 2.05) is 13.8 Å². The number of hydrogen-bond acceptors (Lipinski definition) is 3. The fraction of sp³-hybridized carbons (Fsp3) is 0.714. The summed E-state index contributed by atoms with van der Waals surface area (Å²) in [5, 5.41) is 5.67. The van der Waals surface area contributed by atoms with Crippen LogP contribution in [-0.2, 0) is 9.59 Å². The van der Waals surface area contributed by atoms with Crippen LogP contribution in [0.4, 0.5) is 0 Å². The Morgan fingerprint density at radius 1 is 1.37 bits per heavy atom. The molecular formula is C14H25N3O2. The van der Waals surface area contributed by atoms with Gasteiger partial charge in [0, 0.05) is 19.0 Å². The topological polar surface area (TPSA) is 61.4 Å². The van der Waals surface area contributed by atoms with E-state index in [1.54, 1.807) is 6.08 Å². The number of likely N-dealkylation sites (tertiary alicyclic amines) is 1. The molecule has 108 valence electrons. The Kier molecular flexibility index (Phi) is 6.56. The summed E-state index contributed by atoms with van der Waals surface area (Å²) in [5.74, 6) is 0.266. The number of piperidine rings is 1. The van der Waals surface area contributed by atoms with E-state index < -0.39 is 0 Å². The summed E-state index contributed by atoms with van der Waals surface area (Å²) in [6.45, 7) is 10.2. The van der Waals surface area contributed by atoms with Gasteiger partial charge in [-0.2, -0.15) is 0 Å². The molecule has 0 bridgehead atoms. The molecule has 1 aliphatic heterocycles. The van der Waals surface area contributed by atoms with Gasteiger partial charge in [0.25, 0.3) is 0 Å². The molecule has 0 aromatic carbocycles. The van der Waals surface area contributed by atoms with Gasteiger partial charge in [-0.25, -0.2) is 0 Å². The molecular weight excluding hydrogens is 242 g/mol. The van der Waals surface area contributed by atoms with E-state index in [0.29, 0.717) is 13.1 Å². The van der Waals surface area contributed by atoms with Crippen LogP contribution in [0.1, 0.15) is 26.7 Å². The van der Waals surface area contributed by atoms with Crippen molar-refractivity contribution in [1.82, 2.24) is 15.5 Å². The van der Waals surface area contributed by atoms with Crippen molar-refractivity contribution in [3.05, 3.63) is 12.7 Å². The summed E-state index contributed by atoms with van der Waals surface area (Å²) in [6.07, 6.45) is 3.32. The van der Waals surface area contributed by atoms with Crippen molar-refractivity contribution in [3.63, 3.8) is 0 Å². The number of carbonyl (C=O) groups is 2. The minimum atomic E-state index is -0.143. The molecule has 0 aliphatic carbocycles. The lowest BCUT2D eigenvalue weighted by Gasteiger charge is -2.34. The summed E-state index contributed by atoms with van der Waals surface area (Å²) in [6, 6.07) is -0.143. The zero-order valence-corrected chi connectivity index (χ0v) is 11.9. The van der Waals surface area contributed by atoms with Gasteiger partial charge in [0.05, 0.1) is 6.04 Å². The van der Waals surface area contributed by atoms with Crippen molar-refractivity contribution in [2.24, 2.45) is 5.92 Å². The maximum atomic E-state index is 11.8. The van der Waals surface area contributed by atoms with E-state index in [9.17, 15) is 9.59 Å². The lowest BCUT2D eigenvalue weighted by Crippen LogP contribution is -2.49. The molecule has 1 rings (SSSR count). The highest BCUT2D eigenvalue weighted by Crippen LogP contribution is 2.19. The van der Waals surface area contributed by atoms with Crippen molar-refractivity contribution in [1.29, 1.82) is 0 Å². The van der Waals surface area contributed by atoms with Gasteiger partial charge in [-0.1, -0.05) is 6.08 Å². The first kappa shape index (κ1) is 15.7. The second-order valence-electron chi connectivity index (χ2n) is 4.91. The smallest absolute Gasteiger partial charge is 0.237 e. The van der Waals surface area contributed by atoms with Crippen LogP contribution in [0.15, 0.2) is 12.7 Å². The van der Waals surface area contributed by atoms with E-state index in [1.165, 1.54) is 0 Å². The predicted molar refractivity (Wildman–Crippen MR) is 75.6 cm³/mol. The van der Waals surface area contributed by atoms with E-state index in [-0.39, 0.29) is 23.8 Å². The van der Waals surface area contributed by atoms with Crippen molar-refractivity contribution in [3.8, 4) is 0 Å². The summed E-state index contributed by atoms with van der Waals surface area (Å²) in [4.78, 5) is 25.7. The van der Waals surface area contributed by atoms with Gasteiger partial charge in [0.2, 0.25) is 11.8 Å². The van der Waals surface area contributed by atoms with Crippen LogP contribution < -0.4 is 10.6 Å². The Bertz CT molecular complexity index is 323. The molecule has 1 atom stereocenters. The first-order chi connectivity index (χ1) is 9.10. The lowest BCUT2D eigenvalue weighted by atomic mass is 9.95. The minimum Gasteiger partial charge on any atom is -0.356 e. The van der Waals surface area contributed by atoms with Crippen LogP contribution in [0.2, 0.25) is 0 Å². The molecule has 5 nitrogen and oxygen atoms in total. The monoisotopic (exact) mass is 267 g/mol. The Balaban J connectivity index is 2.38. The normalized spacial score (nSPS) is 18.6. The van der Waals surface area contributed by atoms with Crippen LogP contribution in [0.5, 0.6) is 0 Å². The van der Waals surface area contributed by atoms with Gasteiger partial charge < -0.3 is 10.6 Å². The van der Waals surface area contributed by atoms with Gasteiger partial charge in [-0.05, 0) is 39.8 Å². The average Bonchev–Trinajstić information content (AvgIpc) is 2.44. The zero-order valence-electron chi connectivity index (χ0n) is 11.9. The SMILES string of the molecule is C=CCNC(=O)[C@H](C)N1CCC(C(=O)NCC)CC1. The molecule has 5 heteroatoms. The number of carbonyl (C=O) groups excluding carboxylic acids is 2. The number of hydrogen-bond donors (Lipinski definition) is 2. The number of nitrogens with zero attached hydrogens (tertiary/aromatic N) is 1. The summed E-state index contributed by atoms with van der Waals surface area (Å²) < 4.78 is 0. The zero-order chi connectivity index (χ0) is 14.3. The highest BCUT2D eigenvalue weighted by Gasteiger charge is 2.29. The number of nitrogens with one attached hydrogen (secondary N) is 2. The molecule has 2 amide bonds. The van der Waals surface area contributed by atoms with E-state index in [0.717, 1.165) is 25.9 Å². The largest absolute Gasteiger partial charge is 0.356 e. The van der Waals surface area contributed by atoms with Crippen LogP contribution in [0.3, 0.4) is 0 Å². The lowest BCUT2D eigenvalue weighted by molar-refractivity contribution is -0.128. The van der Waals surface area contributed by atoms with Gasteiger partial charge in [-0.3, -0.25) is 14.5 Å². The third-order valence-corrected chi connectivity index (χ3v) is 3.60. The predicted octanol–water partition coefficient (Wildman–Crippen LogP) is 0.525. The molecule has 1 fully saturated rings. The third-order valence-electron chi connectivity index (χ3n) is 3.60. The molecule has 2 N–H and O–H groups in total. The van der Waals surface area contributed by atoms with E-state index >= 15 is 0 Å². The summed E-state index contributed by atoms with van der Waals surface area (Å²) in [5.41, 5.74) is 0. The molecule has 19 heavy (non-hydrogen) atoms. The standard InChI is InChI=1S/C14H25N3O2/c1-4-8-16-13(18)11(3)17-9-6-12(7-10-17)14(19)15-5-2/h4,11-12H,1,5-10H2,2-3H3,(H,15,19)(H,16,18)/t11-/m0/s1. The van der Waals surface area contributed by atoms with Crippen molar-refractivity contribution < 1.29 is 9.59 Å². The summed E-state index contributed by atoms with van der Waals surface area (Å²) >= 11 is 0. The molecule has 0 radical (unpaired) electrons. The number of rotatable bonds is 6. The number of amides is 2. The maximum Gasteiger partial charge on any atom is 0.237 e. The molecule has 1 heterocycles. The molecule has 0 saturated carbocycles. The highest BCUT2D eigenvalue weighted by molar-refractivity contribution is 5.81. The van der Waals surface area contributed by atoms with Crippen molar-refractivity contribution in [2.45, 2.75) is 32.7 Å². The van der Waals surface area contributed by atoms with Gasteiger partial charge >= 0.3 is 0 Å². The molecule has 0 aromatic rings. The van der Waals surface area contributed by atoms with Crippen molar-refractivity contribution >= 4 is 11.8 Å². The second kappa shape index (κ2) is 7.94. The minimum absolute atomic E-state index is 0.0244. The fourth-order valence-corrected chi connectivity index (χ4v) is 2.35. The molecule has 1 aliphatic rings. The Morgan fingerprint density at radius 3 is 2.53 bits per heavy atom. The first-order valence-electron chi connectivity index (χ1n) is 7.00. The first-order valence-corrected chi connectivity index (χ1v) is 7.00. The van der Waals surface area contributed by atoms with Crippen LogP contribution >= 0.6 is 0 Å². The molecule has 0 unspecified atom stereocenters. The Labute approximate surface area is 115 Å². The molecule has 1 saturated heterocycles. The fourth-order valence-electron chi connectivity index (χ4n) is 2.35. The Morgan fingerprint density at radius 2 is 2.00 bits per heavy atom. The van der Waals surface area contributed by atoms with Gasteiger partial charge in [0.1, 0.15) is 0 Å². The molecule has 0 spiro atoms. The van der Waals surface area contributed by atoms with Crippen LogP contribution in [0, 0.1) is 5.92 Å².